The van der Waals surface area contributed by atoms with Crippen LogP contribution in [0.25, 0.3) is 0 Å². The first kappa shape index (κ1) is 18.2. The van der Waals surface area contributed by atoms with Gasteiger partial charge >= 0.3 is 12.4 Å². The number of hydrogen-bond acceptors (Lipinski definition) is 4. The van der Waals surface area contributed by atoms with Gasteiger partial charge in [0.15, 0.2) is 5.69 Å². The summed E-state index contributed by atoms with van der Waals surface area (Å²) in [6.45, 7) is 2.98. The number of hydrogen-bond donors (Lipinski definition) is 0. The van der Waals surface area contributed by atoms with Crippen molar-refractivity contribution in [3.63, 3.8) is 0 Å². The zero-order valence-electron chi connectivity index (χ0n) is 13.4. The molecular weight excluding hydrogens is 352 g/mol. The summed E-state index contributed by atoms with van der Waals surface area (Å²) in [7, 11) is 0. The Morgan fingerprint density at radius 1 is 1.16 bits per heavy atom. The van der Waals surface area contributed by atoms with Gasteiger partial charge in [0, 0.05) is 17.6 Å². The van der Waals surface area contributed by atoms with E-state index in [0.717, 1.165) is 32.2 Å². The van der Waals surface area contributed by atoms with Gasteiger partial charge in [0.1, 0.15) is 6.61 Å². The Labute approximate surface area is 140 Å². The molecule has 1 aromatic heterocycles. The highest BCUT2D eigenvalue weighted by atomic mass is 19.4. The number of fused-ring (bicyclic) bond motifs is 1. The summed E-state index contributed by atoms with van der Waals surface area (Å²) in [5, 5.41) is 0. The fraction of sp³-hybridized carbons (Fsp3) is 0.733. The van der Waals surface area contributed by atoms with Crippen LogP contribution in [0.3, 0.4) is 0 Å². The second kappa shape index (κ2) is 6.00. The molecule has 0 N–H and O–H groups in total. The molecule has 3 rings (SSSR count). The number of alkyl halides is 6. The van der Waals surface area contributed by atoms with Gasteiger partial charge in [-0.3, -0.25) is 4.90 Å². The lowest BCUT2D eigenvalue weighted by molar-refractivity contribution is -0.153. The van der Waals surface area contributed by atoms with Crippen molar-refractivity contribution in [2.24, 2.45) is 0 Å². The van der Waals surface area contributed by atoms with Gasteiger partial charge in [-0.25, -0.2) is 4.98 Å². The highest BCUT2D eigenvalue weighted by Gasteiger charge is 2.46. The lowest BCUT2D eigenvalue weighted by Gasteiger charge is -2.31. The second-order valence-electron chi connectivity index (χ2n) is 6.71. The third-order valence-corrected chi connectivity index (χ3v) is 4.93. The van der Waals surface area contributed by atoms with Crippen LogP contribution in [0, 0.1) is 0 Å². The average molecular weight is 369 g/mol. The SMILES string of the molecule is C[C@@]12CCCN1[C@H](COc1cc(C(F)(F)F)nc(C(F)(F)F)n1)CC2. The van der Waals surface area contributed by atoms with E-state index in [0.29, 0.717) is 6.07 Å². The minimum Gasteiger partial charge on any atom is -0.476 e. The lowest BCUT2D eigenvalue weighted by Crippen LogP contribution is -2.42. The number of nitrogens with zero attached hydrogens (tertiary/aromatic N) is 3. The van der Waals surface area contributed by atoms with Crippen molar-refractivity contribution in [2.45, 2.75) is 56.5 Å². The molecule has 0 aromatic carbocycles. The van der Waals surface area contributed by atoms with Gasteiger partial charge in [-0.2, -0.15) is 31.3 Å². The maximum Gasteiger partial charge on any atom is 0.451 e. The van der Waals surface area contributed by atoms with Crippen LogP contribution in [-0.2, 0) is 12.4 Å². The molecule has 3 heterocycles. The molecule has 0 unspecified atom stereocenters. The quantitative estimate of drug-likeness (QED) is 0.758. The van der Waals surface area contributed by atoms with Crippen LogP contribution in [0.2, 0.25) is 0 Å². The Hall–Kier alpha value is -1.58. The van der Waals surface area contributed by atoms with Crippen LogP contribution in [0.1, 0.15) is 44.1 Å². The molecule has 0 radical (unpaired) electrons. The summed E-state index contributed by atoms with van der Waals surface area (Å²) in [4.78, 5) is 7.90. The zero-order chi connectivity index (χ0) is 18.5. The molecule has 140 valence electrons. The molecule has 0 bridgehead atoms. The highest BCUT2D eigenvalue weighted by molar-refractivity contribution is 5.20. The summed E-state index contributed by atoms with van der Waals surface area (Å²) in [5.41, 5.74) is -1.62. The normalized spacial score (nSPS) is 27.6. The largest absolute Gasteiger partial charge is 0.476 e. The van der Waals surface area contributed by atoms with E-state index in [1.807, 2.05) is 0 Å². The molecule has 0 spiro atoms. The van der Waals surface area contributed by atoms with Gasteiger partial charge in [-0.05, 0) is 39.2 Å². The maximum absolute atomic E-state index is 12.8. The molecule has 4 nitrogen and oxygen atoms in total. The average Bonchev–Trinajstić information content (AvgIpc) is 3.00. The van der Waals surface area contributed by atoms with E-state index in [2.05, 4.69) is 21.8 Å². The van der Waals surface area contributed by atoms with Crippen molar-refractivity contribution in [1.29, 1.82) is 0 Å². The molecule has 10 heteroatoms. The van der Waals surface area contributed by atoms with E-state index in [1.165, 1.54) is 0 Å². The van der Waals surface area contributed by atoms with Crippen LogP contribution in [0.15, 0.2) is 6.07 Å². The number of rotatable bonds is 3. The van der Waals surface area contributed by atoms with Gasteiger partial charge in [0.05, 0.1) is 0 Å². The monoisotopic (exact) mass is 369 g/mol. The minimum absolute atomic E-state index is 0.00119. The van der Waals surface area contributed by atoms with Gasteiger partial charge in [-0.1, -0.05) is 0 Å². The molecule has 25 heavy (non-hydrogen) atoms. The fourth-order valence-corrected chi connectivity index (χ4v) is 3.69. The Balaban J connectivity index is 1.78. The first-order valence-corrected chi connectivity index (χ1v) is 7.92. The molecule has 2 saturated heterocycles. The van der Waals surface area contributed by atoms with Crippen molar-refractivity contribution in [3.05, 3.63) is 17.6 Å². The summed E-state index contributed by atoms with van der Waals surface area (Å²) in [6.07, 6.45) is -6.31. The Morgan fingerprint density at radius 3 is 2.52 bits per heavy atom. The Kier molecular flexibility index (Phi) is 4.37. The molecule has 2 aliphatic heterocycles. The summed E-state index contributed by atoms with van der Waals surface area (Å²) in [5.74, 6) is -2.56. The summed E-state index contributed by atoms with van der Waals surface area (Å²) in [6, 6.07) is 0.374. The van der Waals surface area contributed by atoms with Crippen LogP contribution in [-0.4, -0.2) is 39.6 Å². The van der Waals surface area contributed by atoms with E-state index in [4.69, 9.17) is 4.74 Å². The van der Waals surface area contributed by atoms with Gasteiger partial charge in [-0.15, -0.1) is 0 Å². The predicted octanol–water partition coefficient (Wildman–Crippen LogP) is 3.91. The second-order valence-corrected chi connectivity index (χ2v) is 6.71. The topological polar surface area (TPSA) is 38.2 Å². The molecule has 0 saturated carbocycles. The van der Waals surface area contributed by atoms with E-state index in [-0.39, 0.29) is 18.2 Å². The van der Waals surface area contributed by atoms with Crippen molar-refractivity contribution < 1.29 is 31.1 Å². The number of aromatic nitrogens is 2. The lowest BCUT2D eigenvalue weighted by atomic mass is 9.97. The smallest absolute Gasteiger partial charge is 0.451 e. The Bertz CT molecular complexity index is 615. The van der Waals surface area contributed by atoms with E-state index < -0.39 is 29.8 Å². The maximum atomic E-state index is 12.8. The van der Waals surface area contributed by atoms with Gasteiger partial charge in [0.25, 0.3) is 0 Å². The first-order chi connectivity index (χ1) is 11.5. The van der Waals surface area contributed by atoms with Crippen LogP contribution < -0.4 is 4.74 Å². The zero-order valence-corrected chi connectivity index (χ0v) is 13.4. The molecule has 1 aromatic rings. The van der Waals surface area contributed by atoms with Crippen molar-refractivity contribution in [3.8, 4) is 5.88 Å². The Morgan fingerprint density at radius 2 is 1.88 bits per heavy atom. The molecule has 0 aliphatic carbocycles. The molecule has 2 atom stereocenters. The summed E-state index contributed by atoms with van der Waals surface area (Å²) >= 11 is 0. The molecular formula is C15H17F6N3O. The van der Waals surface area contributed by atoms with Gasteiger partial charge < -0.3 is 4.74 Å². The highest BCUT2D eigenvalue weighted by Crippen LogP contribution is 2.42. The molecule has 0 amide bonds. The van der Waals surface area contributed by atoms with Crippen molar-refractivity contribution in [1.82, 2.24) is 14.9 Å². The first-order valence-electron chi connectivity index (χ1n) is 7.92. The minimum atomic E-state index is -5.08. The van der Waals surface area contributed by atoms with Crippen molar-refractivity contribution in [2.75, 3.05) is 13.2 Å². The predicted molar refractivity (Wildman–Crippen MR) is 74.9 cm³/mol. The molecule has 2 fully saturated rings. The van der Waals surface area contributed by atoms with Crippen LogP contribution >= 0.6 is 0 Å². The number of ether oxygens (including phenoxy) is 1. The molecule has 2 aliphatic rings. The van der Waals surface area contributed by atoms with Crippen molar-refractivity contribution >= 4 is 0 Å². The van der Waals surface area contributed by atoms with Crippen LogP contribution in [0.5, 0.6) is 5.88 Å². The van der Waals surface area contributed by atoms with Gasteiger partial charge in [0.2, 0.25) is 11.7 Å². The fourth-order valence-electron chi connectivity index (χ4n) is 3.69. The third kappa shape index (κ3) is 3.68. The summed E-state index contributed by atoms with van der Waals surface area (Å²) < 4.78 is 81.8. The van der Waals surface area contributed by atoms with E-state index >= 15 is 0 Å². The number of halogens is 6. The standard InChI is InChI=1S/C15H17F6N3O/c1-13-4-2-6-24(13)9(3-5-13)8-25-11-7-10(14(16,17)18)22-12(23-11)15(19,20)21/h7,9H,2-6,8H2,1H3/t9-,13-/m0/s1. The van der Waals surface area contributed by atoms with E-state index in [1.54, 1.807) is 0 Å². The van der Waals surface area contributed by atoms with Crippen LogP contribution in [0.4, 0.5) is 26.3 Å². The van der Waals surface area contributed by atoms with E-state index in [9.17, 15) is 26.3 Å². The third-order valence-electron chi connectivity index (χ3n) is 4.93.